The van der Waals surface area contributed by atoms with Crippen LogP contribution in [0, 0.1) is 0 Å². The van der Waals surface area contributed by atoms with E-state index in [2.05, 4.69) is 15.0 Å². The van der Waals surface area contributed by atoms with Gasteiger partial charge in [0.05, 0.1) is 6.61 Å². The van der Waals surface area contributed by atoms with E-state index < -0.39 is 11.9 Å². The number of ether oxygens (including phenoxy) is 1. The lowest BCUT2D eigenvalue weighted by Crippen LogP contribution is -2.24. The fraction of sp³-hybridized carbons (Fsp3) is 0.182. The van der Waals surface area contributed by atoms with Gasteiger partial charge in [0.2, 0.25) is 0 Å². The molecule has 2 rings (SSSR count). The molecule has 88 valence electrons. The quantitative estimate of drug-likeness (QED) is 0.626. The third-order valence-corrected chi connectivity index (χ3v) is 2.05. The molecule has 2 aromatic rings. The van der Waals surface area contributed by atoms with Crippen molar-refractivity contribution in [2.45, 2.75) is 6.92 Å². The fourth-order valence-electron chi connectivity index (χ4n) is 1.31. The van der Waals surface area contributed by atoms with Crippen molar-refractivity contribution < 1.29 is 18.7 Å². The van der Waals surface area contributed by atoms with Crippen LogP contribution in [-0.4, -0.2) is 23.5 Å². The number of hydrogen-bond donors (Lipinski definition) is 1. The number of carbonyl (C=O) groups is 2. The standard InChI is InChI=1S/C11H10N2O4/c1-2-16-11(15)10(14)13-7-3-4-8-9(5-7)17-6-12-8/h3-6H,2H2,1H3,(H,13,14). The van der Waals surface area contributed by atoms with Crippen LogP contribution in [0.3, 0.4) is 0 Å². The first-order valence-electron chi connectivity index (χ1n) is 5.02. The van der Waals surface area contributed by atoms with Crippen LogP contribution in [0.15, 0.2) is 29.0 Å². The molecule has 0 unspecified atom stereocenters. The molecule has 0 fully saturated rings. The predicted molar refractivity (Wildman–Crippen MR) is 59.3 cm³/mol. The van der Waals surface area contributed by atoms with Crippen LogP contribution < -0.4 is 5.32 Å². The molecule has 17 heavy (non-hydrogen) atoms. The number of oxazole rings is 1. The summed E-state index contributed by atoms with van der Waals surface area (Å²) in [5.74, 6) is -1.73. The number of rotatable bonds is 2. The highest BCUT2D eigenvalue weighted by Gasteiger charge is 2.14. The summed E-state index contributed by atoms with van der Waals surface area (Å²) in [6, 6.07) is 4.89. The van der Waals surface area contributed by atoms with Crippen molar-refractivity contribution in [1.82, 2.24) is 4.98 Å². The monoisotopic (exact) mass is 234 g/mol. The zero-order valence-electron chi connectivity index (χ0n) is 9.10. The lowest BCUT2D eigenvalue weighted by molar-refractivity contribution is -0.152. The highest BCUT2D eigenvalue weighted by atomic mass is 16.5. The molecule has 6 nitrogen and oxygen atoms in total. The van der Waals surface area contributed by atoms with Crippen molar-refractivity contribution in [2.75, 3.05) is 11.9 Å². The SMILES string of the molecule is CCOC(=O)C(=O)Nc1ccc2ncoc2c1. The topological polar surface area (TPSA) is 81.4 Å². The van der Waals surface area contributed by atoms with Crippen molar-refractivity contribution in [1.29, 1.82) is 0 Å². The second-order valence-corrected chi connectivity index (χ2v) is 3.21. The summed E-state index contributed by atoms with van der Waals surface area (Å²) in [6.45, 7) is 1.79. The molecule has 0 radical (unpaired) electrons. The van der Waals surface area contributed by atoms with Crippen LogP contribution in [0.4, 0.5) is 5.69 Å². The van der Waals surface area contributed by atoms with E-state index in [1.165, 1.54) is 6.39 Å². The van der Waals surface area contributed by atoms with Gasteiger partial charge in [-0.05, 0) is 19.1 Å². The molecule has 1 N–H and O–H groups in total. The Kier molecular flexibility index (Phi) is 3.04. The van der Waals surface area contributed by atoms with Crippen molar-refractivity contribution in [3.05, 3.63) is 24.6 Å². The maximum absolute atomic E-state index is 11.3. The average Bonchev–Trinajstić information content (AvgIpc) is 2.76. The molecule has 0 aliphatic rings. The molecular weight excluding hydrogens is 224 g/mol. The van der Waals surface area contributed by atoms with Gasteiger partial charge < -0.3 is 14.5 Å². The van der Waals surface area contributed by atoms with E-state index in [0.29, 0.717) is 16.8 Å². The molecule has 1 aromatic carbocycles. The number of anilines is 1. The summed E-state index contributed by atoms with van der Waals surface area (Å²) in [5.41, 5.74) is 1.66. The summed E-state index contributed by atoms with van der Waals surface area (Å²) in [6.07, 6.45) is 1.31. The molecule has 1 amide bonds. The van der Waals surface area contributed by atoms with Gasteiger partial charge in [0.25, 0.3) is 0 Å². The van der Waals surface area contributed by atoms with Crippen LogP contribution in [0.5, 0.6) is 0 Å². The van der Waals surface area contributed by atoms with E-state index in [0.717, 1.165) is 0 Å². The van der Waals surface area contributed by atoms with E-state index in [1.807, 2.05) is 0 Å². The van der Waals surface area contributed by atoms with Gasteiger partial charge >= 0.3 is 11.9 Å². The van der Waals surface area contributed by atoms with Gasteiger partial charge in [0.15, 0.2) is 12.0 Å². The van der Waals surface area contributed by atoms with Crippen molar-refractivity contribution >= 4 is 28.7 Å². The predicted octanol–water partition coefficient (Wildman–Crippen LogP) is 1.33. The number of amides is 1. The van der Waals surface area contributed by atoms with Crippen molar-refractivity contribution in [3.8, 4) is 0 Å². The molecule has 0 spiro atoms. The smallest absolute Gasteiger partial charge is 0.397 e. The Morgan fingerprint density at radius 2 is 2.29 bits per heavy atom. The molecule has 6 heteroatoms. The van der Waals surface area contributed by atoms with Crippen LogP contribution in [-0.2, 0) is 14.3 Å². The zero-order chi connectivity index (χ0) is 12.3. The van der Waals surface area contributed by atoms with E-state index >= 15 is 0 Å². The first kappa shape index (κ1) is 11.1. The molecule has 0 saturated heterocycles. The third-order valence-electron chi connectivity index (χ3n) is 2.05. The number of nitrogens with one attached hydrogen (secondary N) is 1. The van der Waals surface area contributed by atoms with Gasteiger partial charge in [-0.15, -0.1) is 0 Å². The Morgan fingerprint density at radius 3 is 3.06 bits per heavy atom. The first-order valence-corrected chi connectivity index (χ1v) is 5.02. The van der Waals surface area contributed by atoms with E-state index in [1.54, 1.807) is 25.1 Å². The van der Waals surface area contributed by atoms with Gasteiger partial charge in [0, 0.05) is 11.8 Å². The van der Waals surface area contributed by atoms with Gasteiger partial charge in [-0.3, -0.25) is 4.79 Å². The van der Waals surface area contributed by atoms with Gasteiger partial charge in [-0.25, -0.2) is 9.78 Å². The highest BCUT2D eigenvalue weighted by molar-refractivity contribution is 6.37. The largest absolute Gasteiger partial charge is 0.459 e. The fourth-order valence-corrected chi connectivity index (χ4v) is 1.31. The Morgan fingerprint density at radius 1 is 1.47 bits per heavy atom. The summed E-state index contributed by atoms with van der Waals surface area (Å²) >= 11 is 0. The van der Waals surface area contributed by atoms with Gasteiger partial charge in [-0.2, -0.15) is 0 Å². The summed E-state index contributed by atoms with van der Waals surface area (Å²) < 4.78 is 9.63. The van der Waals surface area contributed by atoms with Gasteiger partial charge in [-0.1, -0.05) is 0 Å². The maximum atomic E-state index is 11.3. The second-order valence-electron chi connectivity index (χ2n) is 3.21. The number of benzene rings is 1. The summed E-state index contributed by atoms with van der Waals surface area (Å²) in [5, 5.41) is 2.41. The average molecular weight is 234 g/mol. The minimum atomic E-state index is -0.912. The van der Waals surface area contributed by atoms with Crippen molar-refractivity contribution in [3.63, 3.8) is 0 Å². The molecule has 0 bridgehead atoms. The number of fused-ring (bicyclic) bond motifs is 1. The van der Waals surface area contributed by atoms with Crippen LogP contribution >= 0.6 is 0 Å². The minimum absolute atomic E-state index is 0.160. The van der Waals surface area contributed by atoms with E-state index in [9.17, 15) is 9.59 Å². The molecule has 1 aromatic heterocycles. The maximum Gasteiger partial charge on any atom is 0.397 e. The number of aromatic nitrogens is 1. The van der Waals surface area contributed by atoms with Crippen LogP contribution in [0.25, 0.3) is 11.1 Å². The number of hydrogen-bond acceptors (Lipinski definition) is 5. The number of carbonyl (C=O) groups excluding carboxylic acids is 2. The molecule has 0 aliphatic carbocycles. The van der Waals surface area contributed by atoms with Crippen LogP contribution in [0.1, 0.15) is 6.92 Å². The molecule has 0 saturated carbocycles. The molecule has 0 atom stereocenters. The van der Waals surface area contributed by atoms with Gasteiger partial charge in [0.1, 0.15) is 5.52 Å². The third kappa shape index (κ3) is 2.41. The Balaban J connectivity index is 2.12. The van der Waals surface area contributed by atoms with Crippen molar-refractivity contribution in [2.24, 2.45) is 0 Å². The minimum Gasteiger partial charge on any atom is -0.459 e. The lowest BCUT2D eigenvalue weighted by atomic mass is 10.3. The molecule has 1 heterocycles. The summed E-state index contributed by atoms with van der Waals surface area (Å²) in [7, 11) is 0. The number of esters is 1. The Hall–Kier alpha value is -2.37. The molecular formula is C11H10N2O4. The Bertz CT molecular complexity index is 561. The first-order chi connectivity index (χ1) is 8.20. The summed E-state index contributed by atoms with van der Waals surface area (Å²) in [4.78, 5) is 26.4. The highest BCUT2D eigenvalue weighted by Crippen LogP contribution is 2.17. The second kappa shape index (κ2) is 4.65. The van der Waals surface area contributed by atoms with E-state index in [-0.39, 0.29) is 6.61 Å². The Labute approximate surface area is 96.6 Å². The normalized spacial score (nSPS) is 10.2. The van der Waals surface area contributed by atoms with Crippen LogP contribution in [0.2, 0.25) is 0 Å². The molecule has 0 aliphatic heterocycles. The van der Waals surface area contributed by atoms with E-state index in [4.69, 9.17) is 4.42 Å². The lowest BCUT2D eigenvalue weighted by Gasteiger charge is -2.03. The number of nitrogens with zero attached hydrogens (tertiary/aromatic N) is 1. The zero-order valence-corrected chi connectivity index (χ0v) is 9.10.